The third kappa shape index (κ3) is 3.88. The zero-order valence-corrected chi connectivity index (χ0v) is 12.9. The number of rotatable bonds is 5. The number of hydrogen-bond donors (Lipinski definition) is 2. The number of thiazole rings is 1. The number of hydrogen-bond acceptors (Lipinski definition) is 5. The van der Waals surface area contributed by atoms with E-state index in [4.69, 9.17) is 0 Å². The van der Waals surface area contributed by atoms with E-state index in [9.17, 15) is 9.59 Å². The molecule has 0 atom stereocenters. The number of pyridine rings is 1. The Morgan fingerprint density at radius 2 is 2.18 bits per heavy atom. The summed E-state index contributed by atoms with van der Waals surface area (Å²) in [7, 11) is 0. The average molecular weight is 316 g/mol. The topological polar surface area (TPSA) is 84.0 Å². The molecule has 3 rings (SSSR count). The molecule has 1 fully saturated rings. The monoisotopic (exact) mass is 316 g/mol. The Morgan fingerprint density at radius 1 is 1.36 bits per heavy atom. The minimum Gasteiger partial charge on any atom is -0.310 e. The summed E-state index contributed by atoms with van der Waals surface area (Å²) in [5.41, 5.74) is 1.67. The van der Waals surface area contributed by atoms with Gasteiger partial charge in [-0.25, -0.2) is 9.97 Å². The molecule has 0 aromatic carbocycles. The van der Waals surface area contributed by atoms with E-state index >= 15 is 0 Å². The van der Waals surface area contributed by atoms with Crippen LogP contribution in [0.1, 0.15) is 24.1 Å². The molecule has 6 nitrogen and oxygen atoms in total. The molecule has 0 radical (unpaired) electrons. The highest BCUT2D eigenvalue weighted by molar-refractivity contribution is 7.13. The van der Waals surface area contributed by atoms with E-state index in [2.05, 4.69) is 20.6 Å². The van der Waals surface area contributed by atoms with Crippen LogP contribution >= 0.6 is 11.3 Å². The molecule has 114 valence electrons. The molecule has 0 bridgehead atoms. The van der Waals surface area contributed by atoms with Crippen molar-refractivity contribution in [2.45, 2.75) is 26.2 Å². The molecule has 0 spiro atoms. The molecule has 0 saturated heterocycles. The molecule has 2 heterocycles. The summed E-state index contributed by atoms with van der Waals surface area (Å²) < 4.78 is 0. The number of anilines is 2. The summed E-state index contributed by atoms with van der Waals surface area (Å²) in [4.78, 5) is 32.0. The number of aromatic nitrogens is 2. The van der Waals surface area contributed by atoms with Gasteiger partial charge in [-0.05, 0) is 37.5 Å². The van der Waals surface area contributed by atoms with Crippen LogP contribution in [-0.2, 0) is 16.0 Å². The van der Waals surface area contributed by atoms with Gasteiger partial charge >= 0.3 is 0 Å². The van der Waals surface area contributed by atoms with Crippen molar-refractivity contribution in [1.29, 1.82) is 0 Å². The molecule has 0 aliphatic heterocycles. The molecule has 7 heteroatoms. The Bertz CT molecular complexity index is 709. The van der Waals surface area contributed by atoms with Crippen molar-refractivity contribution in [3.8, 4) is 0 Å². The van der Waals surface area contributed by atoms with Crippen LogP contribution in [0.25, 0.3) is 0 Å². The van der Waals surface area contributed by atoms with Gasteiger partial charge in [0.2, 0.25) is 11.8 Å². The second-order valence-electron chi connectivity index (χ2n) is 5.35. The number of carbonyl (C=O) groups excluding carboxylic acids is 2. The lowest BCUT2D eigenvalue weighted by molar-refractivity contribution is -0.117. The minimum atomic E-state index is -0.177. The highest BCUT2D eigenvalue weighted by Gasteiger charge is 2.30. The number of aryl methyl sites for hydroxylation is 1. The van der Waals surface area contributed by atoms with Gasteiger partial charge in [0.1, 0.15) is 5.82 Å². The number of carbonyl (C=O) groups is 2. The Balaban J connectivity index is 1.55. The van der Waals surface area contributed by atoms with Crippen molar-refractivity contribution in [2.24, 2.45) is 5.92 Å². The lowest BCUT2D eigenvalue weighted by atomic mass is 10.3. The number of nitrogens with zero attached hydrogens (tertiary/aromatic N) is 2. The summed E-state index contributed by atoms with van der Waals surface area (Å²) in [6, 6.07) is 3.67. The van der Waals surface area contributed by atoms with E-state index in [0.29, 0.717) is 16.6 Å². The van der Waals surface area contributed by atoms with Gasteiger partial charge in [-0.15, -0.1) is 11.3 Å². The van der Waals surface area contributed by atoms with E-state index in [1.54, 1.807) is 17.6 Å². The predicted molar refractivity (Wildman–Crippen MR) is 84.8 cm³/mol. The normalized spacial score (nSPS) is 13.7. The molecule has 0 unspecified atom stereocenters. The molecule has 2 aromatic heterocycles. The largest absolute Gasteiger partial charge is 0.310 e. The van der Waals surface area contributed by atoms with Crippen LogP contribution in [0.15, 0.2) is 23.7 Å². The van der Waals surface area contributed by atoms with Crippen molar-refractivity contribution >= 4 is 34.1 Å². The van der Waals surface area contributed by atoms with Crippen molar-refractivity contribution in [3.63, 3.8) is 0 Å². The van der Waals surface area contributed by atoms with Gasteiger partial charge < -0.3 is 10.6 Å². The van der Waals surface area contributed by atoms with Crippen molar-refractivity contribution in [3.05, 3.63) is 35.0 Å². The second kappa shape index (κ2) is 6.23. The maximum Gasteiger partial charge on any atom is 0.231 e. The van der Waals surface area contributed by atoms with E-state index in [1.165, 1.54) is 11.3 Å². The first-order chi connectivity index (χ1) is 10.6. The zero-order valence-electron chi connectivity index (χ0n) is 12.1. The van der Waals surface area contributed by atoms with Crippen molar-refractivity contribution in [2.75, 3.05) is 10.6 Å². The Labute approximate surface area is 132 Å². The highest BCUT2D eigenvalue weighted by Crippen LogP contribution is 2.30. The first-order valence-corrected chi connectivity index (χ1v) is 7.96. The summed E-state index contributed by atoms with van der Waals surface area (Å²) in [5.74, 6) is 0.517. The Morgan fingerprint density at radius 3 is 2.91 bits per heavy atom. The summed E-state index contributed by atoms with van der Waals surface area (Å²) in [6.45, 7) is 1.94. The lowest BCUT2D eigenvalue weighted by Crippen LogP contribution is -2.16. The Hall–Kier alpha value is -2.28. The number of amides is 2. The van der Waals surface area contributed by atoms with Gasteiger partial charge in [-0.1, -0.05) is 0 Å². The summed E-state index contributed by atoms with van der Waals surface area (Å²) in [5, 5.41) is 7.85. The summed E-state index contributed by atoms with van der Waals surface area (Å²) in [6.07, 6.45) is 3.72. The molecular weight excluding hydrogens is 300 g/mol. The lowest BCUT2D eigenvalue weighted by Gasteiger charge is -2.03. The van der Waals surface area contributed by atoms with Crippen molar-refractivity contribution in [1.82, 2.24) is 9.97 Å². The molecule has 22 heavy (non-hydrogen) atoms. The zero-order chi connectivity index (χ0) is 15.5. The fraction of sp³-hybridized carbons (Fsp3) is 0.333. The van der Waals surface area contributed by atoms with Crippen LogP contribution in [0.4, 0.5) is 10.9 Å². The quantitative estimate of drug-likeness (QED) is 0.887. The summed E-state index contributed by atoms with van der Waals surface area (Å²) >= 11 is 1.34. The number of nitrogens with one attached hydrogen (secondary N) is 2. The Kier molecular flexibility index (Phi) is 4.15. The van der Waals surface area contributed by atoms with E-state index < -0.39 is 0 Å². The van der Waals surface area contributed by atoms with Crippen molar-refractivity contribution < 1.29 is 9.59 Å². The third-order valence-electron chi connectivity index (χ3n) is 3.25. The van der Waals surface area contributed by atoms with Gasteiger partial charge in [0, 0.05) is 17.5 Å². The van der Waals surface area contributed by atoms with Gasteiger partial charge in [-0.2, -0.15) is 0 Å². The molecule has 2 N–H and O–H groups in total. The standard InChI is InChI=1S/C15H16N4O2S/c1-9-4-5-16-12(6-9)18-13(20)7-11-8-22-15(17-11)19-14(21)10-2-3-10/h4-6,8,10H,2-3,7H2,1H3,(H,16,18,20)(H,17,19,21). The average Bonchev–Trinajstić information content (AvgIpc) is 3.22. The molecular formula is C15H16N4O2S. The highest BCUT2D eigenvalue weighted by atomic mass is 32.1. The van der Waals surface area contributed by atoms with E-state index in [0.717, 1.165) is 18.4 Å². The van der Waals surface area contributed by atoms with Gasteiger partial charge in [0.15, 0.2) is 5.13 Å². The van der Waals surface area contributed by atoms with Crippen LogP contribution in [0.2, 0.25) is 0 Å². The van der Waals surface area contributed by atoms with Crippen LogP contribution in [0, 0.1) is 12.8 Å². The molecule has 2 amide bonds. The first kappa shape index (κ1) is 14.6. The molecule has 2 aromatic rings. The van der Waals surface area contributed by atoms with Crippen LogP contribution < -0.4 is 10.6 Å². The minimum absolute atomic E-state index is 0.0225. The SMILES string of the molecule is Cc1ccnc(NC(=O)Cc2csc(NC(=O)C3CC3)n2)c1. The molecule has 1 aliphatic rings. The van der Waals surface area contributed by atoms with Gasteiger partial charge in [0.25, 0.3) is 0 Å². The van der Waals surface area contributed by atoms with Crippen LogP contribution in [-0.4, -0.2) is 21.8 Å². The molecule has 1 saturated carbocycles. The van der Waals surface area contributed by atoms with Gasteiger partial charge in [0.05, 0.1) is 12.1 Å². The predicted octanol–water partition coefficient (Wildman–Crippen LogP) is 2.38. The second-order valence-corrected chi connectivity index (χ2v) is 6.21. The van der Waals surface area contributed by atoms with E-state index in [-0.39, 0.29) is 24.2 Å². The van der Waals surface area contributed by atoms with Gasteiger partial charge in [-0.3, -0.25) is 9.59 Å². The van der Waals surface area contributed by atoms with E-state index in [1.807, 2.05) is 13.0 Å². The first-order valence-electron chi connectivity index (χ1n) is 7.08. The molecule has 1 aliphatic carbocycles. The maximum absolute atomic E-state index is 12.0. The van der Waals surface area contributed by atoms with Crippen LogP contribution in [0.5, 0.6) is 0 Å². The fourth-order valence-corrected chi connectivity index (χ4v) is 2.67. The fourth-order valence-electron chi connectivity index (χ4n) is 1.95. The third-order valence-corrected chi connectivity index (χ3v) is 4.06. The van der Waals surface area contributed by atoms with Crippen LogP contribution in [0.3, 0.4) is 0 Å². The smallest absolute Gasteiger partial charge is 0.231 e. The maximum atomic E-state index is 12.0.